The van der Waals surface area contributed by atoms with Crippen LogP contribution in [0.25, 0.3) is 33.5 Å². The molecule has 0 aliphatic carbocycles. The number of fused-ring (bicyclic) bond motifs is 2. The number of benzene rings is 2. The summed E-state index contributed by atoms with van der Waals surface area (Å²) < 4.78 is 48.2. The van der Waals surface area contributed by atoms with Crippen LogP contribution in [0.4, 0.5) is 5.69 Å². The van der Waals surface area contributed by atoms with Crippen LogP contribution < -0.4 is 10.5 Å². The van der Waals surface area contributed by atoms with E-state index in [4.69, 9.17) is 18.1 Å². The average Bonchev–Trinajstić information content (AvgIpc) is 3.24. The van der Waals surface area contributed by atoms with Crippen molar-refractivity contribution in [1.29, 1.82) is 0 Å². The first-order valence-corrected chi connectivity index (χ1v) is 13.8. The molecule has 0 radical (unpaired) electrons. The fraction of sp³-hybridized carbons (Fsp3) is 0.370. The maximum atomic E-state index is 12.8. The summed E-state index contributed by atoms with van der Waals surface area (Å²) in [6, 6.07) is 14.1. The number of ether oxygens (including phenoxy) is 1. The van der Waals surface area contributed by atoms with E-state index in [9.17, 15) is 18.0 Å². The number of carbonyl (C=O) groups is 1. The molecule has 0 bridgehead atoms. The van der Waals surface area contributed by atoms with Crippen molar-refractivity contribution in [1.82, 2.24) is 4.98 Å². The smallest absolute Gasteiger partial charge is 0.349 e. The van der Waals surface area contributed by atoms with Gasteiger partial charge >= 0.3 is 11.6 Å². The van der Waals surface area contributed by atoms with Crippen molar-refractivity contribution in [3.63, 3.8) is 0 Å². The molecule has 0 unspecified atom stereocenters. The Morgan fingerprint density at radius 1 is 1.03 bits per heavy atom. The van der Waals surface area contributed by atoms with Gasteiger partial charge in [0.05, 0.1) is 5.75 Å². The van der Waals surface area contributed by atoms with Gasteiger partial charge in [-0.15, -0.1) is 0 Å². The monoisotopic (exact) mass is 542 g/mol. The van der Waals surface area contributed by atoms with Gasteiger partial charge in [0.25, 0.3) is 10.1 Å². The molecule has 1 N–H and O–H groups in total. The Balaban J connectivity index is 1.57. The van der Waals surface area contributed by atoms with Gasteiger partial charge < -0.3 is 18.5 Å². The summed E-state index contributed by atoms with van der Waals surface area (Å²) in [5.41, 5.74) is 1.20. The van der Waals surface area contributed by atoms with Crippen LogP contribution >= 0.6 is 0 Å². The highest BCUT2D eigenvalue weighted by molar-refractivity contribution is 7.85. The van der Waals surface area contributed by atoms with Crippen LogP contribution in [-0.2, 0) is 19.6 Å². The van der Waals surface area contributed by atoms with Gasteiger partial charge in [0.2, 0.25) is 5.89 Å². The summed E-state index contributed by atoms with van der Waals surface area (Å²) in [5, 5.41) is 0.650. The first-order valence-electron chi connectivity index (χ1n) is 12.2. The number of hydrogen-bond acceptors (Lipinski definition) is 9. The number of hydrogen-bond donors (Lipinski definition) is 1. The Morgan fingerprint density at radius 2 is 1.76 bits per heavy atom. The molecule has 2 aromatic carbocycles. The number of oxazole rings is 1. The number of esters is 1. The van der Waals surface area contributed by atoms with Crippen LogP contribution in [0.5, 0.6) is 0 Å². The van der Waals surface area contributed by atoms with Crippen molar-refractivity contribution in [3.05, 3.63) is 59.0 Å². The molecule has 0 spiro atoms. The summed E-state index contributed by atoms with van der Waals surface area (Å²) in [4.78, 5) is 31.2. The van der Waals surface area contributed by atoms with Crippen LogP contribution in [0.3, 0.4) is 0 Å². The Labute approximate surface area is 220 Å². The highest BCUT2D eigenvalue weighted by Crippen LogP contribution is 2.27. The van der Waals surface area contributed by atoms with E-state index in [1.807, 2.05) is 23.1 Å². The lowest BCUT2D eigenvalue weighted by molar-refractivity contribution is -0.154. The van der Waals surface area contributed by atoms with Crippen LogP contribution in [-0.4, -0.2) is 48.4 Å². The molecule has 4 aromatic rings. The third-order valence-electron chi connectivity index (χ3n) is 5.67. The predicted octanol–water partition coefficient (Wildman–Crippen LogP) is 4.81. The molecule has 0 saturated heterocycles. The number of para-hydroxylation sites is 2. The van der Waals surface area contributed by atoms with E-state index in [1.165, 1.54) is 0 Å². The molecule has 0 atom stereocenters. The zero-order valence-corrected chi connectivity index (χ0v) is 22.3. The fourth-order valence-corrected chi connectivity index (χ4v) is 4.54. The third-order valence-corrected chi connectivity index (χ3v) is 6.47. The number of anilines is 1. The molecular weight excluding hydrogens is 512 g/mol. The minimum absolute atomic E-state index is 0.167. The van der Waals surface area contributed by atoms with Crippen LogP contribution in [0.15, 0.2) is 62.2 Å². The maximum absolute atomic E-state index is 12.8. The molecule has 0 fully saturated rings. The summed E-state index contributed by atoms with van der Waals surface area (Å²) in [6.45, 7) is 6.10. The van der Waals surface area contributed by atoms with Gasteiger partial charge in [0.1, 0.15) is 22.3 Å². The number of nitrogens with zero attached hydrogens (tertiary/aromatic N) is 2. The molecule has 11 heteroatoms. The third kappa shape index (κ3) is 7.20. The SMILES string of the molecule is CC(C)(C)OC(=O)CCCN(CCCS(=O)(=O)O)c1ccc2cc(-c3nc4ccccc4o3)c(=O)oc2c1. The minimum Gasteiger partial charge on any atom is -0.460 e. The van der Waals surface area contributed by atoms with Crippen molar-refractivity contribution in [2.75, 3.05) is 23.7 Å². The van der Waals surface area contributed by atoms with Crippen molar-refractivity contribution in [2.45, 2.75) is 45.6 Å². The lowest BCUT2D eigenvalue weighted by Gasteiger charge is -2.25. The van der Waals surface area contributed by atoms with Crippen molar-refractivity contribution in [2.24, 2.45) is 0 Å². The second-order valence-electron chi connectivity index (χ2n) is 9.97. The van der Waals surface area contributed by atoms with Gasteiger partial charge in [-0.25, -0.2) is 9.78 Å². The van der Waals surface area contributed by atoms with Gasteiger partial charge in [-0.1, -0.05) is 12.1 Å². The Bertz CT molecular complexity index is 1580. The van der Waals surface area contributed by atoms with Gasteiger partial charge in [-0.3, -0.25) is 9.35 Å². The topological polar surface area (TPSA) is 140 Å². The van der Waals surface area contributed by atoms with Gasteiger partial charge in [-0.05, 0) is 63.9 Å². The molecule has 0 aliphatic rings. The molecular formula is C27H30N2O8S. The zero-order chi connectivity index (χ0) is 27.5. The number of aromatic nitrogens is 1. The van der Waals surface area contributed by atoms with E-state index >= 15 is 0 Å². The maximum Gasteiger partial charge on any atom is 0.349 e. The van der Waals surface area contributed by atoms with Gasteiger partial charge in [0.15, 0.2) is 5.58 Å². The van der Waals surface area contributed by atoms with Gasteiger partial charge in [0, 0.05) is 36.7 Å². The lowest BCUT2D eigenvalue weighted by Crippen LogP contribution is -2.28. The standard InChI is InChI=1S/C27H30N2O8S/c1-27(2,3)37-24(30)10-6-13-29(14-7-15-38(32,33)34)19-12-11-18-16-20(26(31)36-23(18)17-19)25-28-21-8-4-5-9-22(21)35-25/h4-5,8-9,11-12,16-17H,6-7,10,13-15H2,1-3H3,(H,32,33,34). The molecule has 2 heterocycles. The molecule has 0 aliphatic heterocycles. The molecule has 0 amide bonds. The van der Waals surface area contributed by atoms with E-state index < -0.39 is 27.1 Å². The summed E-state index contributed by atoms with van der Waals surface area (Å²) in [7, 11) is -4.11. The number of carbonyl (C=O) groups excluding carboxylic acids is 1. The van der Waals surface area contributed by atoms with E-state index in [0.29, 0.717) is 47.3 Å². The van der Waals surface area contributed by atoms with E-state index in [1.54, 1.807) is 51.1 Å². The molecule has 38 heavy (non-hydrogen) atoms. The second kappa shape index (κ2) is 11.0. The quantitative estimate of drug-likeness (QED) is 0.169. The Hall–Kier alpha value is -3.70. The van der Waals surface area contributed by atoms with E-state index in [0.717, 1.165) is 0 Å². The first kappa shape index (κ1) is 27.3. The first-order chi connectivity index (χ1) is 17.9. The zero-order valence-electron chi connectivity index (χ0n) is 21.5. The van der Waals surface area contributed by atoms with E-state index in [-0.39, 0.29) is 30.3 Å². The molecule has 10 nitrogen and oxygen atoms in total. The van der Waals surface area contributed by atoms with Crippen LogP contribution in [0, 0.1) is 0 Å². The molecule has 0 saturated carbocycles. The highest BCUT2D eigenvalue weighted by Gasteiger charge is 2.18. The van der Waals surface area contributed by atoms with Crippen molar-refractivity contribution < 1.29 is 31.3 Å². The molecule has 2 aromatic heterocycles. The molecule has 4 rings (SSSR count). The minimum atomic E-state index is -4.11. The fourth-order valence-electron chi connectivity index (χ4n) is 4.05. The van der Waals surface area contributed by atoms with Crippen LogP contribution in [0.1, 0.15) is 40.0 Å². The number of rotatable bonds is 10. The largest absolute Gasteiger partial charge is 0.460 e. The average molecular weight is 543 g/mol. The summed E-state index contributed by atoms with van der Waals surface area (Å²) >= 11 is 0. The normalized spacial score (nSPS) is 12.2. The summed E-state index contributed by atoms with van der Waals surface area (Å²) in [6.07, 6.45) is 0.811. The highest BCUT2D eigenvalue weighted by atomic mass is 32.2. The predicted molar refractivity (Wildman–Crippen MR) is 144 cm³/mol. The Kier molecular flexibility index (Phi) is 7.89. The molecule has 202 valence electrons. The van der Waals surface area contributed by atoms with Crippen molar-refractivity contribution >= 4 is 43.8 Å². The summed E-state index contributed by atoms with van der Waals surface area (Å²) in [5.74, 6) is -0.557. The van der Waals surface area contributed by atoms with Crippen molar-refractivity contribution in [3.8, 4) is 11.5 Å². The lowest BCUT2D eigenvalue weighted by atomic mass is 10.1. The van der Waals surface area contributed by atoms with E-state index in [2.05, 4.69) is 4.98 Å². The Morgan fingerprint density at radius 3 is 2.47 bits per heavy atom. The second-order valence-corrected chi connectivity index (χ2v) is 11.5. The van der Waals surface area contributed by atoms with Gasteiger partial charge in [-0.2, -0.15) is 8.42 Å². The van der Waals surface area contributed by atoms with Crippen LogP contribution in [0.2, 0.25) is 0 Å².